The van der Waals surface area contributed by atoms with Crippen LogP contribution >= 0.6 is 12.6 Å². The zero-order chi connectivity index (χ0) is 2.71. The molecule has 0 saturated heterocycles. The van der Waals surface area contributed by atoms with Gasteiger partial charge in [0, 0.05) is 17.1 Å². The van der Waals surface area contributed by atoms with Crippen LogP contribution in [0.15, 0.2) is 0 Å². The molecule has 1 nitrogen and oxygen atoms in total. The Labute approximate surface area is 89.8 Å². The van der Waals surface area contributed by atoms with E-state index < -0.39 is 0 Å². The van der Waals surface area contributed by atoms with E-state index in [2.05, 4.69) is 12.6 Å². The van der Waals surface area contributed by atoms with Crippen LogP contribution in [0.3, 0.4) is 0 Å². The van der Waals surface area contributed by atoms with Crippen molar-refractivity contribution < 1.29 is 17.1 Å². The Bertz CT molecular complexity index is 33.1. The molecule has 0 atom stereocenters. The molecule has 0 aromatic heterocycles. The summed E-state index contributed by atoms with van der Waals surface area (Å²) in [6.45, 7) is 0. The van der Waals surface area contributed by atoms with E-state index >= 15 is 0 Å². The van der Waals surface area contributed by atoms with E-state index in [1.165, 1.54) is 5.40 Å². The first-order valence-corrected chi connectivity index (χ1v) is 0.894. The molecule has 0 fully saturated rings. The Hall–Kier alpha value is 2.00. The summed E-state index contributed by atoms with van der Waals surface area (Å²) in [5.41, 5.74) is 0. The zero-order valence-corrected chi connectivity index (χ0v) is 3.85. The second kappa shape index (κ2) is 16.7. The number of rotatable bonds is 0. The molecule has 0 aromatic carbocycles. The van der Waals surface area contributed by atoms with E-state index in [-0.39, 0.29) is 68.5 Å². The van der Waals surface area contributed by atoms with Gasteiger partial charge in [-0.15, -0.1) is 0 Å². The Morgan fingerprint density at radius 1 is 1.60 bits per heavy atom. The third-order valence-electron chi connectivity index (χ3n) is 0. The summed E-state index contributed by atoms with van der Waals surface area (Å²) in [6, 6.07) is 0. The summed E-state index contributed by atoms with van der Waals surface area (Å²) in [4.78, 5) is 0. The van der Waals surface area contributed by atoms with Crippen molar-refractivity contribution in [1.29, 1.82) is 5.26 Å². The van der Waals surface area contributed by atoms with Crippen LogP contribution in [0.2, 0.25) is 0 Å². The Morgan fingerprint density at radius 2 is 1.60 bits per heavy atom. The molecule has 0 rings (SSSR count). The number of hydrogen-bond donors (Lipinski definition) is 1. The van der Waals surface area contributed by atoms with Crippen LogP contribution in [-0.4, -0.2) is 51.4 Å². The van der Waals surface area contributed by atoms with Crippen molar-refractivity contribution in [2.24, 2.45) is 0 Å². The van der Waals surface area contributed by atoms with Gasteiger partial charge in [0.05, 0.1) is 0 Å². The average Bonchev–Trinajstić information content (AvgIpc) is 0.918. The minimum Gasteiger partial charge on any atom is 0 e. The van der Waals surface area contributed by atoms with Crippen molar-refractivity contribution in [3.8, 4) is 5.40 Å². The van der Waals surface area contributed by atoms with Gasteiger partial charge in [0.25, 0.3) is 0 Å². The topological polar surface area (TPSA) is 23.8 Å². The second-order valence-corrected chi connectivity index (χ2v) is 0.300. The fourth-order valence-electron chi connectivity index (χ4n) is 0. The normalized spacial score (nSPS) is 1.60. The Kier molecular flexibility index (Phi) is 52.5. The maximum absolute atomic E-state index is 7.18. The smallest absolute Gasteiger partial charge is 0 e. The van der Waals surface area contributed by atoms with Gasteiger partial charge in [-0.2, -0.15) is 5.26 Å². The number of nitriles is 1. The zero-order valence-electron chi connectivity index (χ0n) is 1.77. The molecular formula is CH2KMnNS. The van der Waals surface area contributed by atoms with Crippen molar-refractivity contribution in [3.05, 3.63) is 0 Å². The molecule has 4 heteroatoms. The van der Waals surface area contributed by atoms with Crippen molar-refractivity contribution in [2.45, 2.75) is 0 Å². The molecule has 0 unspecified atom stereocenters. The molecule has 0 aliphatic rings. The van der Waals surface area contributed by atoms with Gasteiger partial charge >= 0.3 is 51.4 Å². The largest absolute Gasteiger partial charge is 0 e. The molecule has 0 N–H and O–H groups in total. The molecule has 0 aliphatic heterocycles. The van der Waals surface area contributed by atoms with Gasteiger partial charge in [0.1, 0.15) is 5.40 Å². The first-order valence-electron chi connectivity index (χ1n) is 0.447. The summed E-state index contributed by atoms with van der Waals surface area (Å²) in [6.07, 6.45) is 0. The monoisotopic (exact) mass is 154 g/mol. The van der Waals surface area contributed by atoms with Crippen molar-refractivity contribution in [1.82, 2.24) is 0 Å². The van der Waals surface area contributed by atoms with Gasteiger partial charge in [0.15, 0.2) is 0 Å². The van der Waals surface area contributed by atoms with Crippen LogP contribution in [-0.2, 0) is 17.1 Å². The molecule has 0 saturated carbocycles. The molecule has 0 bridgehead atoms. The molecule has 0 aliphatic carbocycles. The van der Waals surface area contributed by atoms with E-state index in [9.17, 15) is 0 Å². The van der Waals surface area contributed by atoms with Crippen LogP contribution in [0.5, 0.6) is 0 Å². The van der Waals surface area contributed by atoms with Gasteiger partial charge in [0.2, 0.25) is 0 Å². The molecule has 5 heavy (non-hydrogen) atoms. The molecule has 25 valence electrons. The molecular weight excluding hydrogens is 152 g/mol. The summed E-state index contributed by atoms with van der Waals surface area (Å²) < 4.78 is 0. The van der Waals surface area contributed by atoms with Crippen LogP contribution < -0.4 is 0 Å². The molecule has 1 radical (unpaired) electrons. The van der Waals surface area contributed by atoms with E-state index in [4.69, 9.17) is 5.26 Å². The summed E-state index contributed by atoms with van der Waals surface area (Å²) in [5.74, 6) is 0. The molecule has 0 spiro atoms. The number of thiol groups is 1. The van der Waals surface area contributed by atoms with Crippen molar-refractivity contribution >= 4 is 64.0 Å². The third kappa shape index (κ3) is 24.0. The van der Waals surface area contributed by atoms with E-state index in [1.807, 2.05) is 0 Å². The van der Waals surface area contributed by atoms with Crippen molar-refractivity contribution in [3.63, 3.8) is 0 Å². The summed E-state index contributed by atoms with van der Waals surface area (Å²) in [5, 5.41) is 8.63. The fraction of sp³-hybridized carbons (Fsp3) is 0. The standard InChI is InChI=1S/CHNS.K.Mn.H/c2-1-3;;;/h3H;;;. The minimum absolute atomic E-state index is 0. The first-order chi connectivity index (χ1) is 1.41. The quantitative estimate of drug-likeness (QED) is 0.290. The van der Waals surface area contributed by atoms with Crippen LogP contribution in [0.4, 0.5) is 0 Å². The predicted octanol–water partition coefficient (Wildman–Crippen LogP) is -0.254. The molecule has 0 amide bonds. The van der Waals surface area contributed by atoms with Gasteiger partial charge in [-0.25, -0.2) is 0 Å². The van der Waals surface area contributed by atoms with E-state index in [0.717, 1.165) is 0 Å². The van der Waals surface area contributed by atoms with E-state index in [0.29, 0.717) is 0 Å². The predicted molar refractivity (Wildman–Crippen MR) is 21.7 cm³/mol. The summed E-state index contributed by atoms with van der Waals surface area (Å²) in [7, 11) is 0. The number of thiocyanates is 1. The maximum atomic E-state index is 7.18. The van der Waals surface area contributed by atoms with Crippen LogP contribution in [0.1, 0.15) is 0 Å². The Morgan fingerprint density at radius 3 is 1.60 bits per heavy atom. The van der Waals surface area contributed by atoms with Gasteiger partial charge < -0.3 is 0 Å². The summed E-state index contributed by atoms with van der Waals surface area (Å²) >= 11 is 3.09. The first kappa shape index (κ1) is 15.8. The third-order valence-corrected chi connectivity index (χ3v) is 0. The molecule has 0 aromatic rings. The van der Waals surface area contributed by atoms with Crippen molar-refractivity contribution in [2.75, 3.05) is 0 Å². The fourth-order valence-corrected chi connectivity index (χ4v) is 0. The number of nitrogens with zero attached hydrogens (tertiary/aromatic N) is 1. The Balaban J connectivity index is -0.0000000200. The van der Waals surface area contributed by atoms with Gasteiger partial charge in [-0.3, -0.25) is 0 Å². The van der Waals surface area contributed by atoms with E-state index in [1.54, 1.807) is 0 Å². The SMILES string of the molecule is N#CS.[KH].[Mn]. The molecule has 0 heterocycles. The minimum atomic E-state index is 0. The van der Waals surface area contributed by atoms with Crippen LogP contribution in [0.25, 0.3) is 0 Å². The van der Waals surface area contributed by atoms with Gasteiger partial charge in [-0.05, 0) is 0 Å². The second-order valence-electron chi connectivity index (χ2n) is 0.100. The number of hydrogen-bond acceptors (Lipinski definition) is 2. The van der Waals surface area contributed by atoms with Crippen LogP contribution in [0, 0.1) is 10.7 Å². The maximum Gasteiger partial charge on any atom is 0 e. The van der Waals surface area contributed by atoms with Gasteiger partial charge in [-0.1, -0.05) is 12.6 Å². The average molecular weight is 154 g/mol.